The quantitative estimate of drug-likeness (QED) is 0.456. The number of rotatable bonds is 7. The highest BCUT2D eigenvalue weighted by molar-refractivity contribution is 8.03. The molecule has 0 spiro atoms. The van der Waals surface area contributed by atoms with Gasteiger partial charge >= 0.3 is 0 Å². The van der Waals surface area contributed by atoms with Gasteiger partial charge in [-0.05, 0) is 49.6 Å². The summed E-state index contributed by atoms with van der Waals surface area (Å²) in [6.45, 7) is 5.40. The number of ketones is 2. The van der Waals surface area contributed by atoms with Gasteiger partial charge in [-0.2, -0.15) is 5.26 Å². The molecule has 32 heavy (non-hydrogen) atoms. The third kappa shape index (κ3) is 5.10. The summed E-state index contributed by atoms with van der Waals surface area (Å²) >= 11 is 13.2. The minimum absolute atomic E-state index is 0.0942. The number of halogens is 2. The number of benzene rings is 2. The van der Waals surface area contributed by atoms with E-state index in [0.29, 0.717) is 37.5 Å². The van der Waals surface area contributed by atoms with Crippen molar-refractivity contribution >= 4 is 46.5 Å². The average molecular weight is 485 g/mol. The van der Waals surface area contributed by atoms with Crippen molar-refractivity contribution in [2.75, 3.05) is 5.75 Å². The molecule has 0 radical (unpaired) electrons. The molecule has 3 rings (SSSR count). The zero-order valence-corrected chi connectivity index (χ0v) is 20.3. The number of thioether (sulfide) groups is 1. The summed E-state index contributed by atoms with van der Waals surface area (Å²) in [5, 5.41) is 14.5. The predicted octanol–water partition coefficient (Wildman–Crippen LogP) is 6.46. The van der Waals surface area contributed by atoms with Crippen LogP contribution in [0.1, 0.15) is 48.2 Å². The predicted molar refractivity (Wildman–Crippen MR) is 131 cm³/mol. The van der Waals surface area contributed by atoms with E-state index in [1.807, 2.05) is 31.2 Å². The maximum Gasteiger partial charge on any atom is 0.173 e. The lowest BCUT2D eigenvalue weighted by Gasteiger charge is -2.29. The van der Waals surface area contributed by atoms with Gasteiger partial charge in [0.25, 0.3) is 0 Å². The second-order valence-corrected chi connectivity index (χ2v) is 9.24. The van der Waals surface area contributed by atoms with Crippen molar-refractivity contribution in [3.05, 3.63) is 91.1 Å². The molecular weight excluding hydrogens is 463 g/mol. The third-order valence-electron chi connectivity index (χ3n) is 5.34. The summed E-state index contributed by atoms with van der Waals surface area (Å²) in [5.41, 5.74) is 4.18. The van der Waals surface area contributed by atoms with E-state index in [0.717, 1.165) is 12.0 Å². The summed E-state index contributed by atoms with van der Waals surface area (Å²) in [6, 6.07) is 15.0. The zero-order valence-electron chi connectivity index (χ0n) is 18.0. The summed E-state index contributed by atoms with van der Waals surface area (Å²) in [7, 11) is 0. The summed E-state index contributed by atoms with van der Waals surface area (Å²) in [4.78, 5) is 25.2. The van der Waals surface area contributed by atoms with E-state index in [9.17, 15) is 14.9 Å². The van der Waals surface area contributed by atoms with Crippen LogP contribution >= 0.6 is 35.0 Å². The standard InChI is InChI=1S/C25H22Cl2N2O2S/c1-4-16-5-7-17(8-6-16)24-19(12-28)25(29-14(2)23(24)15(3)30)32-13-22(31)18-9-10-20(26)21(27)11-18/h5-11,24,29H,4,13H2,1-3H3. The molecule has 4 nitrogen and oxygen atoms in total. The minimum atomic E-state index is -0.479. The topological polar surface area (TPSA) is 70.0 Å². The van der Waals surface area contributed by atoms with Gasteiger partial charge in [-0.25, -0.2) is 0 Å². The minimum Gasteiger partial charge on any atom is -0.353 e. The molecule has 1 aliphatic rings. The molecule has 7 heteroatoms. The highest BCUT2D eigenvalue weighted by Crippen LogP contribution is 2.41. The lowest BCUT2D eigenvalue weighted by atomic mass is 9.81. The number of aryl methyl sites for hydroxylation is 1. The fourth-order valence-corrected chi connectivity index (χ4v) is 4.95. The molecule has 0 saturated heterocycles. The molecule has 1 unspecified atom stereocenters. The summed E-state index contributed by atoms with van der Waals surface area (Å²) in [6.07, 6.45) is 0.903. The van der Waals surface area contributed by atoms with Crippen LogP contribution < -0.4 is 5.32 Å². The number of Topliss-reactive ketones (excluding diaryl/α,β-unsaturated/α-hetero) is 2. The lowest BCUT2D eigenvalue weighted by molar-refractivity contribution is -0.113. The SMILES string of the molecule is CCc1ccc(C2C(C#N)=C(SCC(=O)c3ccc(Cl)c(Cl)c3)NC(C)=C2C(C)=O)cc1. The molecule has 2 aromatic carbocycles. The molecule has 0 aromatic heterocycles. The first-order valence-electron chi connectivity index (χ1n) is 10.1. The van der Waals surface area contributed by atoms with Gasteiger partial charge in [-0.1, -0.05) is 66.2 Å². The number of carbonyl (C=O) groups is 2. The van der Waals surface area contributed by atoms with Crippen LogP contribution in [0.5, 0.6) is 0 Å². The van der Waals surface area contributed by atoms with Crippen LogP contribution in [0.15, 0.2) is 64.3 Å². The molecule has 2 aromatic rings. The number of allylic oxidation sites excluding steroid dienone is 3. The second-order valence-electron chi connectivity index (χ2n) is 7.44. The Kier molecular flexibility index (Phi) is 7.84. The Balaban J connectivity index is 1.94. The van der Waals surface area contributed by atoms with Crippen LogP contribution in [0.3, 0.4) is 0 Å². The number of dihydropyridines is 1. The molecule has 0 fully saturated rings. The molecule has 1 aliphatic heterocycles. The van der Waals surface area contributed by atoms with Gasteiger partial charge in [0, 0.05) is 16.8 Å². The van der Waals surface area contributed by atoms with Gasteiger partial charge in [0.2, 0.25) is 0 Å². The van der Waals surface area contributed by atoms with E-state index in [2.05, 4.69) is 18.3 Å². The maximum absolute atomic E-state index is 12.7. The van der Waals surface area contributed by atoms with Crippen LogP contribution in [0.4, 0.5) is 0 Å². The van der Waals surface area contributed by atoms with E-state index >= 15 is 0 Å². The number of hydrogen-bond donors (Lipinski definition) is 1. The number of hydrogen-bond acceptors (Lipinski definition) is 5. The first kappa shape index (κ1) is 24.1. The Bertz CT molecular complexity index is 1180. The van der Waals surface area contributed by atoms with Crippen molar-refractivity contribution in [3.8, 4) is 6.07 Å². The monoisotopic (exact) mass is 484 g/mol. The Hall–Kier alpha value is -2.52. The van der Waals surface area contributed by atoms with Crippen molar-refractivity contribution in [2.45, 2.75) is 33.1 Å². The van der Waals surface area contributed by atoms with Gasteiger partial charge in [-0.3, -0.25) is 9.59 Å². The van der Waals surface area contributed by atoms with Crippen LogP contribution in [-0.4, -0.2) is 17.3 Å². The molecule has 0 amide bonds. The zero-order chi connectivity index (χ0) is 23.4. The Morgan fingerprint density at radius 2 is 1.81 bits per heavy atom. The fourth-order valence-electron chi connectivity index (χ4n) is 3.66. The molecule has 1 heterocycles. The fraction of sp³-hybridized carbons (Fsp3) is 0.240. The number of carbonyl (C=O) groups excluding carboxylic acids is 2. The van der Waals surface area contributed by atoms with E-state index in [1.54, 1.807) is 12.1 Å². The smallest absolute Gasteiger partial charge is 0.173 e. The number of nitrogens with one attached hydrogen (secondary N) is 1. The average Bonchev–Trinajstić information content (AvgIpc) is 2.78. The number of nitrogens with zero attached hydrogens (tertiary/aromatic N) is 1. The van der Waals surface area contributed by atoms with Crippen molar-refractivity contribution in [3.63, 3.8) is 0 Å². The van der Waals surface area contributed by atoms with Gasteiger partial charge in [-0.15, -0.1) is 0 Å². The first-order valence-corrected chi connectivity index (χ1v) is 11.8. The van der Waals surface area contributed by atoms with E-state index in [1.165, 1.54) is 30.3 Å². The van der Waals surface area contributed by atoms with E-state index in [-0.39, 0.29) is 17.3 Å². The highest BCUT2D eigenvalue weighted by atomic mass is 35.5. The molecule has 0 aliphatic carbocycles. The molecule has 164 valence electrons. The number of nitriles is 1. The van der Waals surface area contributed by atoms with Crippen molar-refractivity contribution in [1.29, 1.82) is 5.26 Å². The van der Waals surface area contributed by atoms with Crippen LogP contribution in [0.25, 0.3) is 0 Å². The van der Waals surface area contributed by atoms with Crippen LogP contribution in [0.2, 0.25) is 10.0 Å². The first-order chi connectivity index (χ1) is 15.3. The van der Waals surface area contributed by atoms with E-state index in [4.69, 9.17) is 23.2 Å². The van der Waals surface area contributed by atoms with Crippen LogP contribution in [-0.2, 0) is 11.2 Å². The van der Waals surface area contributed by atoms with E-state index < -0.39 is 5.92 Å². The Morgan fingerprint density at radius 1 is 1.12 bits per heavy atom. The maximum atomic E-state index is 12.7. The largest absolute Gasteiger partial charge is 0.353 e. The van der Waals surface area contributed by atoms with Crippen molar-refractivity contribution < 1.29 is 9.59 Å². The van der Waals surface area contributed by atoms with Gasteiger partial charge < -0.3 is 5.32 Å². The van der Waals surface area contributed by atoms with Gasteiger partial charge in [0.1, 0.15) is 0 Å². The molecule has 0 saturated carbocycles. The summed E-state index contributed by atoms with van der Waals surface area (Å²) in [5.74, 6) is -0.603. The second kappa shape index (κ2) is 10.4. The Morgan fingerprint density at radius 3 is 2.38 bits per heavy atom. The Labute approximate surface area is 202 Å². The van der Waals surface area contributed by atoms with Crippen molar-refractivity contribution in [1.82, 2.24) is 5.32 Å². The van der Waals surface area contributed by atoms with Gasteiger partial charge in [0.05, 0.1) is 38.4 Å². The molecule has 1 atom stereocenters. The van der Waals surface area contributed by atoms with Gasteiger partial charge in [0.15, 0.2) is 11.6 Å². The highest BCUT2D eigenvalue weighted by Gasteiger charge is 2.33. The third-order valence-corrected chi connectivity index (χ3v) is 7.09. The molecular formula is C25H22Cl2N2O2S. The summed E-state index contributed by atoms with van der Waals surface area (Å²) < 4.78 is 0. The normalized spacial score (nSPS) is 15.9. The van der Waals surface area contributed by atoms with Crippen LogP contribution in [0, 0.1) is 11.3 Å². The van der Waals surface area contributed by atoms with Crippen molar-refractivity contribution in [2.24, 2.45) is 0 Å². The lowest BCUT2D eigenvalue weighted by Crippen LogP contribution is -2.27. The molecule has 1 N–H and O–H groups in total. The molecule has 0 bridgehead atoms.